The van der Waals surface area contributed by atoms with Crippen LogP contribution in [-0.4, -0.2) is 20.9 Å². The smallest absolute Gasteiger partial charge is 0.240 e. The zero-order valence-electron chi connectivity index (χ0n) is 12.1. The molecule has 1 saturated carbocycles. The number of carbonyl (C=O) groups excluding carboxylic acids is 1. The third-order valence-electron chi connectivity index (χ3n) is 4.02. The van der Waals surface area contributed by atoms with Crippen molar-refractivity contribution in [1.29, 1.82) is 0 Å². The van der Waals surface area contributed by atoms with Crippen LogP contribution in [0.3, 0.4) is 0 Å². The van der Waals surface area contributed by atoms with Crippen LogP contribution in [-0.2, 0) is 9.22 Å². The monoisotopic (exact) mass is 296 g/mol. The second-order valence-electron chi connectivity index (χ2n) is 5.58. The van der Waals surface area contributed by atoms with Gasteiger partial charge >= 0.3 is 0 Å². The Hall–Kier alpha value is -1.71. The minimum absolute atomic E-state index is 0.236. The van der Waals surface area contributed by atoms with Crippen molar-refractivity contribution in [2.45, 2.75) is 31.8 Å². The number of benzene rings is 2. The van der Waals surface area contributed by atoms with Crippen LogP contribution in [0, 0.1) is 0 Å². The first-order valence-corrected chi connectivity index (χ1v) is 9.22. The molecule has 3 rings (SSSR count). The second kappa shape index (κ2) is 6.83. The minimum atomic E-state index is -1.66. The van der Waals surface area contributed by atoms with Gasteiger partial charge in [-0.1, -0.05) is 60.7 Å². The van der Waals surface area contributed by atoms with Crippen LogP contribution in [0.25, 0.3) is 0 Å². The summed E-state index contributed by atoms with van der Waals surface area (Å²) in [5.74, 6) is 0.382. The van der Waals surface area contributed by atoms with Crippen LogP contribution in [0.5, 0.6) is 0 Å². The molecule has 0 aromatic heterocycles. The first kappa shape index (κ1) is 14.2. The van der Waals surface area contributed by atoms with E-state index in [-0.39, 0.29) is 6.10 Å². The van der Waals surface area contributed by atoms with Crippen LogP contribution in [0.1, 0.15) is 25.7 Å². The van der Waals surface area contributed by atoms with Crippen molar-refractivity contribution in [3.63, 3.8) is 0 Å². The first-order chi connectivity index (χ1) is 10.3. The molecular formula is C18H20O2Si. The van der Waals surface area contributed by atoms with Crippen molar-refractivity contribution >= 4 is 25.2 Å². The van der Waals surface area contributed by atoms with E-state index in [0.29, 0.717) is 18.6 Å². The first-order valence-electron chi connectivity index (χ1n) is 7.60. The number of carbonyl (C=O) groups is 1. The molecule has 2 nitrogen and oxygen atoms in total. The Kier molecular flexibility index (Phi) is 4.63. The quantitative estimate of drug-likeness (QED) is 0.807. The number of rotatable bonds is 4. The minimum Gasteiger partial charge on any atom is -0.408 e. The lowest BCUT2D eigenvalue weighted by Gasteiger charge is -2.27. The van der Waals surface area contributed by atoms with Gasteiger partial charge in [0.2, 0.25) is 9.04 Å². The molecule has 108 valence electrons. The van der Waals surface area contributed by atoms with Crippen LogP contribution in [0.4, 0.5) is 0 Å². The average molecular weight is 296 g/mol. The van der Waals surface area contributed by atoms with Crippen molar-refractivity contribution in [1.82, 2.24) is 0 Å². The normalized spacial score (nSPS) is 16.3. The molecule has 1 aliphatic rings. The van der Waals surface area contributed by atoms with Gasteiger partial charge in [-0.2, -0.15) is 0 Å². The molecule has 3 heteroatoms. The van der Waals surface area contributed by atoms with E-state index in [1.54, 1.807) is 0 Å². The number of Topliss-reactive ketones (excluding diaryl/α,β-unsaturated/α-hetero) is 1. The van der Waals surface area contributed by atoms with Gasteiger partial charge in [-0.25, -0.2) is 0 Å². The van der Waals surface area contributed by atoms with Crippen molar-refractivity contribution in [3.05, 3.63) is 60.7 Å². The molecule has 0 unspecified atom stereocenters. The van der Waals surface area contributed by atoms with Crippen LogP contribution >= 0.6 is 0 Å². The number of hydrogen-bond donors (Lipinski definition) is 0. The van der Waals surface area contributed by atoms with Gasteiger partial charge in [0.1, 0.15) is 5.78 Å². The molecule has 0 bridgehead atoms. The standard InChI is InChI=1S/C18H20O2Si/c19-15-11-13-16(14-12-15)20-21(17-7-3-1-4-8-17)18-9-5-2-6-10-18/h1-10,16,21H,11-14H2. The fourth-order valence-corrected chi connectivity index (χ4v) is 5.35. The Bertz CT molecular complexity index is 533. The zero-order chi connectivity index (χ0) is 14.5. The zero-order valence-corrected chi connectivity index (χ0v) is 13.2. The van der Waals surface area contributed by atoms with E-state index in [9.17, 15) is 4.79 Å². The van der Waals surface area contributed by atoms with E-state index in [1.165, 1.54) is 10.4 Å². The second-order valence-corrected chi connectivity index (χ2v) is 7.94. The molecule has 1 aliphatic carbocycles. The fourth-order valence-electron chi connectivity index (χ4n) is 2.85. The van der Waals surface area contributed by atoms with Gasteiger partial charge in [0, 0.05) is 18.9 Å². The summed E-state index contributed by atoms with van der Waals surface area (Å²) in [7, 11) is -1.66. The van der Waals surface area contributed by atoms with Gasteiger partial charge in [-0.15, -0.1) is 0 Å². The lowest BCUT2D eigenvalue weighted by molar-refractivity contribution is -0.121. The van der Waals surface area contributed by atoms with E-state index in [0.717, 1.165) is 12.8 Å². The predicted molar refractivity (Wildman–Crippen MR) is 87.6 cm³/mol. The van der Waals surface area contributed by atoms with Gasteiger partial charge in [0.15, 0.2) is 0 Å². The number of hydrogen-bond acceptors (Lipinski definition) is 2. The van der Waals surface area contributed by atoms with Gasteiger partial charge in [0.25, 0.3) is 0 Å². The SMILES string of the molecule is O=C1CCC(O[SiH](c2ccccc2)c2ccccc2)CC1. The van der Waals surface area contributed by atoms with E-state index in [1.807, 2.05) is 12.1 Å². The van der Waals surface area contributed by atoms with Gasteiger partial charge < -0.3 is 4.43 Å². The summed E-state index contributed by atoms with van der Waals surface area (Å²) in [5, 5.41) is 2.61. The molecule has 0 atom stereocenters. The van der Waals surface area contributed by atoms with Gasteiger partial charge in [-0.05, 0) is 23.2 Å². The van der Waals surface area contributed by atoms with Crippen molar-refractivity contribution in [2.75, 3.05) is 0 Å². The Morgan fingerprint density at radius 3 is 1.76 bits per heavy atom. The molecule has 2 aromatic rings. The summed E-state index contributed by atoms with van der Waals surface area (Å²) >= 11 is 0. The van der Waals surface area contributed by atoms with E-state index >= 15 is 0 Å². The molecule has 0 N–H and O–H groups in total. The summed E-state index contributed by atoms with van der Waals surface area (Å²) in [6.45, 7) is 0. The maximum absolute atomic E-state index is 11.4. The fraction of sp³-hybridized carbons (Fsp3) is 0.278. The lowest BCUT2D eigenvalue weighted by atomic mass is 9.97. The summed E-state index contributed by atoms with van der Waals surface area (Å²) in [5.41, 5.74) is 0. The Labute approximate surface area is 127 Å². The molecular weight excluding hydrogens is 276 g/mol. The van der Waals surface area contributed by atoms with Crippen LogP contribution < -0.4 is 10.4 Å². The van der Waals surface area contributed by atoms with Crippen LogP contribution in [0.2, 0.25) is 0 Å². The Balaban J connectivity index is 1.81. The summed E-state index contributed by atoms with van der Waals surface area (Å²) in [6, 6.07) is 21.0. The molecule has 0 aliphatic heterocycles. The maximum Gasteiger partial charge on any atom is 0.240 e. The molecule has 0 heterocycles. The highest BCUT2D eigenvalue weighted by atomic mass is 28.3. The largest absolute Gasteiger partial charge is 0.408 e. The van der Waals surface area contributed by atoms with E-state index < -0.39 is 9.04 Å². The highest BCUT2D eigenvalue weighted by Gasteiger charge is 2.25. The predicted octanol–water partition coefficient (Wildman–Crippen LogP) is 2.05. The third-order valence-corrected chi connectivity index (χ3v) is 6.66. The highest BCUT2D eigenvalue weighted by Crippen LogP contribution is 2.18. The molecule has 21 heavy (non-hydrogen) atoms. The Morgan fingerprint density at radius 2 is 1.29 bits per heavy atom. The Morgan fingerprint density at radius 1 is 0.810 bits per heavy atom. The van der Waals surface area contributed by atoms with Crippen molar-refractivity contribution in [3.8, 4) is 0 Å². The average Bonchev–Trinajstić information content (AvgIpc) is 2.56. The van der Waals surface area contributed by atoms with Crippen molar-refractivity contribution < 1.29 is 9.22 Å². The number of ketones is 1. The topological polar surface area (TPSA) is 26.3 Å². The molecule has 0 saturated heterocycles. The molecule has 2 aromatic carbocycles. The van der Waals surface area contributed by atoms with Gasteiger partial charge in [-0.3, -0.25) is 4.79 Å². The van der Waals surface area contributed by atoms with Crippen LogP contribution in [0.15, 0.2) is 60.7 Å². The molecule has 0 radical (unpaired) electrons. The summed E-state index contributed by atoms with van der Waals surface area (Å²) in [4.78, 5) is 11.4. The molecule has 0 spiro atoms. The van der Waals surface area contributed by atoms with E-state index in [2.05, 4.69) is 48.5 Å². The van der Waals surface area contributed by atoms with E-state index in [4.69, 9.17) is 4.43 Å². The van der Waals surface area contributed by atoms with Gasteiger partial charge in [0.05, 0.1) is 0 Å². The lowest BCUT2D eigenvalue weighted by Crippen LogP contribution is -2.47. The third kappa shape index (κ3) is 3.68. The maximum atomic E-state index is 11.4. The molecule has 1 fully saturated rings. The highest BCUT2D eigenvalue weighted by molar-refractivity contribution is 6.80. The summed E-state index contributed by atoms with van der Waals surface area (Å²) < 4.78 is 6.50. The van der Waals surface area contributed by atoms with Crippen molar-refractivity contribution in [2.24, 2.45) is 0 Å². The summed E-state index contributed by atoms with van der Waals surface area (Å²) in [6.07, 6.45) is 3.34. The molecule has 0 amide bonds.